The van der Waals surface area contributed by atoms with Gasteiger partial charge in [0.15, 0.2) is 0 Å². The summed E-state index contributed by atoms with van der Waals surface area (Å²) in [5, 5.41) is 6.41. The van der Waals surface area contributed by atoms with Gasteiger partial charge >= 0.3 is 0 Å². The first-order chi connectivity index (χ1) is 11.7. The number of carbonyl (C=O) groups excluding carboxylic acids is 1. The van der Waals surface area contributed by atoms with Gasteiger partial charge < -0.3 is 10.6 Å². The number of pyridine rings is 1. The van der Waals surface area contributed by atoms with Crippen molar-refractivity contribution in [1.29, 1.82) is 0 Å². The Bertz CT molecular complexity index is 697. The first kappa shape index (κ1) is 17.0. The van der Waals surface area contributed by atoms with Crippen molar-refractivity contribution in [3.63, 3.8) is 0 Å². The maximum Gasteiger partial charge on any atom is 0.255 e. The molecule has 24 heavy (non-hydrogen) atoms. The Morgan fingerprint density at radius 1 is 1.08 bits per heavy atom. The fourth-order valence-electron chi connectivity index (χ4n) is 3.05. The molecule has 0 aliphatic heterocycles. The molecule has 0 atom stereocenters. The number of aromatic nitrogens is 1. The zero-order valence-corrected chi connectivity index (χ0v) is 15.2. The maximum absolute atomic E-state index is 12.4. The van der Waals surface area contributed by atoms with Crippen molar-refractivity contribution in [2.75, 3.05) is 10.6 Å². The van der Waals surface area contributed by atoms with Crippen molar-refractivity contribution >= 4 is 33.3 Å². The lowest BCUT2D eigenvalue weighted by atomic mass is 10.1. The predicted molar refractivity (Wildman–Crippen MR) is 101 cm³/mol. The van der Waals surface area contributed by atoms with Crippen LogP contribution in [0.3, 0.4) is 0 Å². The van der Waals surface area contributed by atoms with Crippen molar-refractivity contribution in [1.82, 2.24) is 4.98 Å². The molecule has 1 fully saturated rings. The molecule has 0 bridgehead atoms. The molecule has 1 aromatic heterocycles. The Kier molecular flexibility index (Phi) is 5.86. The van der Waals surface area contributed by atoms with Crippen LogP contribution in [0.15, 0.2) is 47.1 Å². The zero-order chi connectivity index (χ0) is 16.8. The van der Waals surface area contributed by atoms with Gasteiger partial charge in [0.2, 0.25) is 0 Å². The van der Waals surface area contributed by atoms with Crippen LogP contribution in [-0.2, 0) is 0 Å². The van der Waals surface area contributed by atoms with Crippen LogP contribution in [0.1, 0.15) is 48.9 Å². The van der Waals surface area contributed by atoms with Gasteiger partial charge in [-0.2, -0.15) is 0 Å². The number of amides is 1. The highest BCUT2D eigenvalue weighted by Gasteiger charge is 2.13. The quantitative estimate of drug-likeness (QED) is 0.705. The highest BCUT2D eigenvalue weighted by molar-refractivity contribution is 9.10. The Labute approximate surface area is 151 Å². The number of hydrogen-bond acceptors (Lipinski definition) is 3. The molecular formula is C19H22BrN3O. The Morgan fingerprint density at radius 2 is 1.88 bits per heavy atom. The molecule has 1 aromatic carbocycles. The summed E-state index contributed by atoms with van der Waals surface area (Å²) in [6, 6.07) is 11.6. The van der Waals surface area contributed by atoms with Gasteiger partial charge in [0, 0.05) is 28.0 Å². The van der Waals surface area contributed by atoms with Crippen molar-refractivity contribution < 1.29 is 4.79 Å². The standard InChI is InChI=1S/C19H22BrN3O/c20-15-6-5-9-17(13-15)23-19(24)14-10-11-21-18(12-14)22-16-7-3-1-2-4-8-16/h5-6,9-13,16H,1-4,7-8H2,(H,21,22)(H,23,24). The summed E-state index contributed by atoms with van der Waals surface area (Å²) >= 11 is 3.41. The summed E-state index contributed by atoms with van der Waals surface area (Å²) in [5.41, 5.74) is 1.38. The first-order valence-corrected chi connectivity index (χ1v) is 9.29. The van der Waals surface area contributed by atoms with Crippen LogP contribution in [0.25, 0.3) is 0 Å². The van der Waals surface area contributed by atoms with Crippen LogP contribution in [0.2, 0.25) is 0 Å². The zero-order valence-electron chi connectivity index (χ0n) is 13.6. The smallest absolute Gasteiger partial charge is 0.255 e. The van der Waals surface area contributed by atoms with Gasteiger partial charge in [-0.1, -0.05) is 47.7 Å². The fourth-order valence-corrected chi connectivity index (χ4v) is 3.45. The van der Waals surface area contributed by atoms with E-state index >= 15 is 0 Å². The molecule has 0 saturated heterocycles. The largest absolute Gasteiger partial charge is 0.367 e. The minimum absolute atomic E-state index is 0.126. The second kappa shape index (κ2) is 8.29. The number of anilines is 2. The maximum atomic E-state index is 12.4. The van der Waals surface area contributed by atoms with E-state index < -0.39 is 0 Å². The van der Waals surface area contributed by atoms with Crippen LogP contribution in [0.4, 0.5) is 11.5 Å². The van der Waals surface area contributed by atoms with E-state index in [0.717, 1.165) is 16.0 Å². The van der Waals surface area contributed by atoms with Gasteiger partial charge in [-0.3, -0.25) is 4.79 Å². The molecule has 1 heterocycles. The van der Waals surface area contributed by atoms with Crippen molar-refractivity contribution in [3.05, 3.63) is 52.6 Å². The Balaban J connectivity index is 1.66. The van der Waals surface area contributed by atoms with Gasteiger partial charge in [-0.15, -0.1) is 0 Å². The number of nitrogens with zero attached hydrogens (tertiary/aromatic N) is 1. The number of rotatable bonds is 4. The number of benzene rings is 1. The predicted octanol–water partition coefficient (Wildman–Crippen LogP) is 5.23. The molecule has 1 amide bonds. The minimum Gasteiger partial charge on any atom is -0.367 e. The molecule has 1 aliphatic carbocycles. The fraction of sp³-hybridized carbons (Fsp3) is 0.368. The number of hydrogen-bond donors (Lipinski definition) is 2. The van der Waals surface area contributed by atoms with Crippen LogP contribution >= 0.6 is 15.9 Å². The summed E-state index contributed by atoms with van der Waals surface area (Å²) in [4.78, 5) is 16.8. The number of nitrogens with one attached hydrogen (secondary N) is 2. The van der Waals surface area contributed by atoms with Crippen molar-refractivity contribution in [2.24, 2.45) is 0 Å². The van der Waals surface area contributed by atoms with E-state index in [1.165, 1.54) is 38.5 Å². The monoisotopic (exact) mass is 387 g/mol. The summed E-state index contributed by atoms with van der Waals surface area (Å²) in [6.45, 7) is 0. The highest BCUT2D eigenvalue weighted by atomic mass is 79.9. The number of halogens is 1. The normalized spacial score (nSPS) is 15.5. The highest BCUT2D eigenvalue weighted by Crippen LogP contribution is 2.21. The summed E-state index contributed by atoms with van der Waals surface area (Å²) in [5.74, 6) is 0.656. The van der Waals surface area contributed by atoms with Crippen LogP contribution in [0, 0.1) is 0 Å². The Morgan fingerprint density at radius 3 is 2.62 bits per heavy atom. The molecule has 0 spiro atoms. The lowest BCUT2D eigenvalue weighted by Gasteiger charge is -2.17. The average Bonchev–Trinajstić information content (AvgIpc) is 2.84. The molecule has 3 rings (SSSR count). The molecule has 4 nitrogen and oxygen atoms in total. The lowest BCUT2D eigenvalue weighted by Crippen LogP contribution is -2.20. The molecule has 0 radical (unpaired) electrons. The van der Waals surface area contributed by atoms with E-state index in [1.807, 2.05) is 30.3 Å². The van der Waals surface area contributed by atoms with E-state index in [2.05, 4.69) is 31.5 Å². The molecule has 2 aromatic rings. The SMILES string of the molecule is O=C(Nc1cccc(Br)c1)c1ccnc(NC2CCCCCC2)c1. The number of carbonyl (C=O) groups is 1. The lowest BCUT2D eigenvalue weighted by molar-refractivity contribution is 0.102. The van der Waals surface area contributed by atoms with E-state index in [0.29, 0.717) is 11.6 Å². The first-order valence-electron chi connectivity index (χ1n) is 8.50. The summed E-state index contributed by atoms with van der Waals surface area (Å²) in [6.07, 6.45) is 9.21. The molecule has 5 heteroatoms. The molecule has 2 N–H and O–H groups in total. The molecular weight excluding hydrogens is 366 g/mol. The molecule has 1 saturated carbocycles. The van der Waals surface area contributed by atoms with Gasteiger partial charge in [-0.25, -0.2) is 4.98 Å². The van der Waals surface area contributed by atoms with Crippen LogP contribution in [-0.4, -0.2) is 16.9 Å². The van der Waals surface area contributed by atoms with E-state index in [9.17, 15) is 4.79 Å². The van der Waals surface area contributed by atoms with Gasteiger partial charge in [0.05, 0.1) is 0 Å². The van der Waals surface area contributed by atoms with Gasteiger partial charge in [0.1, 0.15) is 5.82 Å². The third-order valence-corrected chi connectivity index (χ3v) is 4.81. The topological polar surface area (TPSA) is 54.0 Å². The third-order valence-electron chi connectivity index (χ3n) is 4.31. The third kappa shape index (κ3) is 4.81. The van der Waals surface area contributed by atoms with Gasteiger partial charge in [-0.05, 0) is 43.2 Å². The summed E-state index contributed by atoms with van der Waals surface area (Å²) < 4.78 is 0.936. The van der Waals surface area contributed by atoms with E-state index in [-0.39, 0.29) is 5.91 Å². The van der Waals surface area contributed by atoms with Gasteiger partial charge in [0.25, 0.3) is 5.91 Å². The minimum atomic E-state index is -0.126. The van der Waals surface area contributed by atoms with E-state index in [4.69, 9.17) is 0 Å². The average molecular weight is 388 g/mol. The summed E-state index contributed by atoms with van der Waals surface area (Å²) in [7, 11) is 0. The second-order valence-electron chi connectivity index (χ2n) is 6.23. The van der Waals surface area contributed by atoms with Crippen molar-refractivity contribution in [3.8, 4) is 0 Å². The van der Waals surface area contributed by atoms with Crippen LogP contribution < -0.4 is 10.6 Å². The van der Waals surface area contributed by atoms with Crippen molar-refractivity contribution in [2.45, 2.75) is 44.6 Å². The van der Waals surface area contributed by atoms with E-state index in [1.54, 1.807) is 12.3 Å². The van der Waals surface area contributed by atoms with Crippen LogP contribution in [0.5, 0.6) is 0 Å². The Hall–Kier alpha value is -1.88. The molecule has 1 aliphatic rings. The molecule has 126 valence electrons. The molecule has 0 unspecified atom stereocenters. The second-order valence-corrected chi connectivity index (χ2v) is 7.14.